The van der Waals surface area contributed by atoms with E-state index >= 15 is 0 Å². The molecule has 1 amide bonds. The van der Waals surface area contributed by atoms with Crippen LogP contribution in [0.3, 0.4) is 0 Å². The Morgan fingerprint density at radius 2 is 2.04 bits per heavy atom. The number of nitrogens with one attached hydrogen (secondary N) is 1. The van der Waals surface area contributed by atoms with Gasteiger partial charge in [0.2, 0.25) is 0 Å². The largest absolute Gasteiger partial charge is 0.490 e. The fourth-order valence-corrected chi connectivity index (χ4v) is 2.86. The summed E-state index contributed by atoms with van der Waals surface area (Å²) in [6.07, 6.45) is 2.48. The van der Waals surface area contributed by atoms with Crippen molar-refractivity contribution in [1.82, 2.24) is 5.43 Å². The number of hydrazone groups is 1. The molecule has 2 aromatic carbocycles. The zero-order valence-corrected chi connectivity index (χ0v) is 16.8. The fourth-order valence-electron chi connectivity index (χ4n) is 2.29. The summed E-state index contributed by atoms with van der Waals surface area (Å²) < 4.78 is 12.2. The molecule has 0 bridgehead atoms. The monoisotopic (exact) mass is 418 g/mol. The minimum atomic E-state index is -0.253. The SMILES string of the molecule is CCCOc1c(Br)cc(/C=N/NC(=O)c2cccc(C)c2)cc1OCC. The molecule has 26 heavy (non-hydrogen) atoms. The van der Waals surface area contributed by atoms with Crippen molar-refractivity contribution in [1.29, 1.82) is 0 Å². The Morgan fingerprint density at radius 1 is 1.23 bits per heavy atom. The minimum Gasteiger partial charge on any atom is -0.490 e. The van der Waals surface area contributed by atoms with Crippen molar-refractivity contribution in [2.75, 3.05) is 13.2 Å². The van der Waals surface area contributed by atoms with E-state index in [4.69, 9.17) is 9.47 Å². The Labute approximate surface area is 162 Å². The fraction of sp³-hybridized carbons (Fsp3) is 0.300. The van der Waals surface area contributed by atoms with Crippen molar-refractivity contribution >= 4 is 28.1 Å². The maximum atomic E-state index is 12.1. The van der Waals surface area contributed by atoms with Gasteiger partial charge in [0.15, 0.2) is 11.5 Å². The first kappa shape index (κ1) is 20.0. The van der Waals surface area contributed by atoms with Crippen LogP contribution in [0.4, 0.5) is 0 Å². The highest BCUT2D eigenvalue weighted by atomic mass is 79.9. The van der Waals surface area contributed by atoms with E-state index in [1.807, 2.05) is 51.1 Å². The summed E-state index contributed by atoms with van der Waals surface area (Å²) in [6, 6.07) is 11.1. The van der Waals surface area contributed by atoms with Crippen molar-refractivity contribution in [2.45, 2.75) is 27.2 Å². The van der Waals surface area contributed by atoms with Crippen LogP contribution in [-0.4, -0.2) is 25.3 Å². The molecular formula is C20H23BrN2O3. The zero-order chi connectivity index (χ0) is 18.9. The summed E-state index contributed by atoms with van der Waals surface area (Å²) in [5.74, 6) is 1.06. The Balaban J connectivity index is 2.12. The third-order valence-electron chi connectivity index (χ3n) is 3.44. The first-order chi connectivity index (χ1) is 12.5. The summed E-state index contributed by atoms with van der Waals surface area (Å²) in [4.78, 5) is 12.1. The van der Waals surface area contributed by atoms with Crippen LogP contribution in [0.15, 0.2) is 46.0 Å². The molecule has 2 rings (SSSR count). The van der Waals surface area contributed by atoms with Gasteiger partial charge in [0.05, 0.1) is 23.9 Å². The van der Waals surface area contributed by atoms with Crippen LogP contribution in [0.25, 0.3) is 0 Å². The molecule has 0 radical (unpaired) electrons. The van der Waals surface area contributed by atoms with Gasteiger partial charge in [-0.3, -0.25) is 4.79 Å². The molecule has 5 nitrogen and oxygen atoms in total. The number of carbonyl (C=O) groups excluding carboxylic acids is 1. The Kier molecular flexibility index (Phi) is 7.66. The van der Waals surface area contributed by atoms with Gasteiger partial charge in [0, 0.05) is 5.56 Å². The summed E-state index contributed by atoms with van der Waals surface area (Å²) in [5.41, 5.74) is 4.92. The van der Waals surface area contributed by atoms with Gasteiger partial charge in [-0.1, -0.05) is 24.6 Å². The molecule has 0 aliphatic carbocycles. The Morgan fingerprint density at radius 3 is 2.73 bits per heavy atom. The highest BCUT2D eigenvalue weighted by Crippen LogP contribution is 2.36. The highest BCUT2D eigenvalue weighted by Gasteiger charge is 2.11. The molecule has 0 aliphatic heterocycles. The summed E-state index contributed by atoms with van der Waals surface area (Å²) >= 11 is 3.51. The van der Waals surface area contributed by atoms with Gasteiger partial charge in [0.1, 0.15) is 0 Å². The molecule has 0 spiro atoms. The lowest BCUT2D eigenvalue weighted by Crippen LogP contribution is -2.17. The lowest BCUT2D eigenvalue weighted by Gasteiger charge is -2.14. The van der Waals surface area contributed by atoms with E-state index in [0.717, 1.165) is 22.0 Å². The number of aryl methyl sites for hydroxylation is 1. The summed E-state index contributed by atoms with van der Waals surface area (Å²) in [5, 5.41) is 4.04. The van der Waals surface area contributed by atoms with Gasteiger partial charge < -0.3 is 9.47 Å². The molecule has 0 saturated carbocycles. The lowest BCUT2D eigenvalue weighted by atomic mass is 10.1. The van der Waals surface area contributed by atoms with Gasteiger partial charge in [0.25, 0.3) is 5.91 Å². The molecular weight excluding hydrogens is 396 g/mol. The Hall–Kier alpha value is -2.34. The van der Waals surface area contributed by atoms with Crippen LogP contribution >= 0.6 is 15.9 Å². The number of hydrogen-bond donors (Lipinski definition) is 1. The third kappa shape index (κ3) is 5.59. The molecule has 6 heteroatoms. The predicted molar refractivity (Wildman–Crippen MR) is 107 cm³/mol. The molecule has 1 N–H and O–H groups in total. The van der Waals surface area contributed by atoms with E-state index in [1.54, 1.807) is 12.3 Å². The quantitative estimate of drug-likeness (QED) is 0.498. The van der Waals surface area contributed by atoms with Crippen molar-refractivity contribution in [2.24, 2.45) is 5.10 Å². The van der Waals surface area contributed by atoms with E-state index in [2.05, 4.69) is 26.5 Å². The van der Waals surface area contributed by atoms with E-state index in [0.29, 0.717) is 30.3 Å². The maximum absolute atomic E-state index is 12.1. The van der Waals surface area contributed by atoms with E-state index in [-0.39, 0.29) is 5.91 Å². The van der Waals surface area contributed by atoms with Crippen LogP contribution in [0.1, 0.15) is 41.8 Å². The topological polar surface area (TPSA) is 59.9 Å². The second-order valence-corrected chi connectivity index (χ2v) is 6.53. The third-order valence-corrected chi connectivity index (χ3v) is 4.03. The van der Waals surface area contributed by atoms with Crippen molar-refractivity contribution in [3.8, 4) is 11.5 Å². The maximum Gasteiger partial charge on any atom is 0.271 e. The number of hydrogen-bond acceptors (Lipinski definition) is 4. The van der Waals surface area contributed by atoms with Gasteiger partial charge >= 0.3 is 0 Å². The second-order valence-electron chi connectivity index (χ2n) is 5.68. The smallest absolute Gasteiger partial charge is 0.271 e. The van der Waals surface area contributed by atoms with Gasteiger partial charge in [-0.2, -0.15) is 5.10 Å². The first-order valence-corrected chi connectivity index (χ1v) is 9.33. The van der Waals surface area contributed by atoms with E-state index in [9.17, 15) is 4.79 Å². The molecule has 0 fully saturated rings. The number of halogens is 1. The van der Waals surface area contributed by atoms with E-state index < -0.39 is 0 Å². The molecule has 0 saturated heterocycles. The minimum absolute atomic E-state index is 0.253. The van der Waals surface area contributed by atoms with Crippen LogP contribution in [-0.2, 0) is 0 Å². The van der Waals surface area contributed by atoms with Gasteiger partial charge in [-0.05, 0) is 66.0 Å². The number of carbonyl (C=O) groups is 1. The number of rotatable bonds is 8. The summed E-state index contributed by atoms with van der Waals surface area (Å²) in [6.45, 7) is 7.04. The predicted octanol–water partition coefficient (Wildman–Crippen LogP) is 4.71. The van der Waals surface area contributed by atoms with Crippen LogP contribution in [0.2, 0.25) is 0 Å². The molecule has 138 valence electrons. The van der Waals surface area contributed by atoms with Crippen LogP contribution < -0.4 is 14.9 Å². The lowest BCUT2D eigenvalue weighted by molar-refractivity contribution is 0.0955. The second kappa shape index (κ2) is 9.97. The van der Waals surface area contributed by atoms with Crippen LogP contribution in [0, 0.1) is 6.92 Å². The molecule has 2 aromatic rings. The molecule has 0 heterocycles. The molecule has 0 aromatic heterocycles. The van der Waals surface area contributed by atoms with Gasteiger partial charge in [-0.25, -0.2) is 5.43 Å². The van der Waals surface area contributed by atoms with Crippen molar-refractivity contribution in [3.63, 3.8) is 0 Å². The normalized spacial score (nSPS) is 10.8. The van der Waals surface area contributed by atoms with E-state index in [1.165, 1.54) is 0 Å². The van der Waals surface area contributed by atoms with Crippen LogP contribution in [0.5, 0.6) is 11.5 Å². The first-order valence-electron chi connectivity index (χ1n) is 8.54. The average Bonchev–Trinajstić information content (AvgIpc) is 2.61. The molecule has 0 aliphatic rings. The number of benzene rings is 2. The number of nitrogens with zero attached hydrogens (tertiary/aromatic N) is 1. The highest BCUT2D eigenvalue weighted by molar-refractivity contribution is 9.10. The molecule has 0 atom stereocenters. The van der Waals surface area contributed by atoms with Gasteiger partial charge in [-0.15, -0.1) is 0 Å². The number of amides is 1. The number of ether oxygens (including phenoxy) is 2. The van der Waals surface area contributed by atoms with Crippen molar-refractivity contribution < 1.29 is 14.3 Å². The average molecular weight is 419 g/mol. The zero-order valence-electron chi connectivity index (χ0n) is 15.2. The summed E-state index contributed by atoms with van der Waals surface area (Å²) in [7, 11) is 0. The molecule has 0 unspecified atom stereocenters. The van der Waals surface area contributed by atoms with Crippen molar-refractivity contribution in [3.05, 3.63) is 57.6 Å². The Bertz CT molecular complexity index is 791. The standard InChI is InChI=1S/C20H23BrN2O3/c1-4-9-26-19-17(21)11-15(12-18(19)25-5-2)13-22-23-20(24)16-8-6-7-14(3)10-16/h6-8,10-13H,4-5,9H2,1-3H3,(H,23,24)/b22-13+.